The molecule has 4 aromatic carbocycles. The SMILES string of the molecule is O=C(/C=C/c1ccc(OCc2ccccc2)cc1)OC1COC2C1OC[C@H]2OC(=O)/C=C/c1ccc(OCc2ccccc2)cc1. The van der Waals surface area contributed by atoms with E-state index in [4.69, 9.17) is 28.4 Å². The maximum absolute atomic E-state index is 12.5. The summed E-state index contributed by atoms with van der Waals surface area (Å²) in [6.07, 6.45) is 3.87. The number of carbonyl (C=O) groups is 2. The molecule has 0 aromatic heterocycles. The molecule has 3 unspecified atom stereocenters. The van der Waals surface area contributed by atoms with Crippen LogP contribution in [0.25, 0.3) is 12.2 Å². The Kier molecular flexibility index (Phi) is 10.2. The molecular formula is C38H34O8. The van der Waals surface area contributed by atoms with E-state index in [0.29, 0.717) is 13.2 Å². The Morgan fingerprint density at radius 1 is 0.565 bits per heavy atom. The van der Waals surface area contributed by atoms with Crippen LogP contribution in [0.3, 0.4) is 0 Å². The minimum atomic E-state index is -0.599. The van der Waals surface area contributed by atoms with Gasteiger partial charge in [0, 0.05) is 12.2 Å². The smallest absolute Gasteiger partial charge is 0.331 e. The van der Waals surface area contributed by atoms with E-state index in [2.05, 4.69) is 0 Å². The Morgan fingerprint density at radius 2 is 0.957 bits per heavy atom. The van der Waals surface area contributed by atoms with Gasteiger partial charge in [0.05, 0.1) is 13.2 Å². The molecule has 2 fully saturated rings. The summed E-state index contributed by atoms with van der Waals surface area (Å²) in [4.78, 5) is 25.1. The predicted octanol–water partition coefficient (Wildman–Crippen LogP) is 6.19. The van der Waals surface area contributed by atoms with E-state index >= 15 is 0 Å². The fourth-order valence-corrected chi connectivity index (χ4v) is 5.17. The first-order valence-electron chi connectivity index (χ1n) is 15.1. The second-order valence-corrected chi connectivity index (χ2v) is 10.9. The van der Waals surface area contributed by atoms with Gasteiger partial charge in [-0.05, 0) is 58.7 Å². The number of hydrogen-bond acceptors (Lipinski definition) is 8. The van der Waals surface area contributed by atoms with Gasteiger partial charge >= 0.3 is 11.9 Å². The van der Waals surface area contributed by atoms with Crippen molar-refractivity contribution in [3.8, 4) is 11.5 Å². The van der Waals surface area contributed by atoms with E-state index in [9.17, 15) is 9.59 Å². The fourth-order valence-electron chi connectivity index (χ4n) is 5.17. The maximum atomic E-state index is 12.5. The summed E-state index contributed by atoms with van der Waals surface area (Å²) < 4.78 is 34.4. The van der Waals surface area contributed by atoms with Gasteiger partial charge < -0.3 is 28.4 Å². The molecule has 8 nitrogen and oxygen atoms in total. The van der Waals surface area contributed by atoms with Crippen molar-refractivity contribution in [2.45, 2.75) is 37.6 Å². The van der Waals surface area contributed by atoms with Crippen molar-refractivity contribution in [2.75, 3.05) is 13.2 Å². The van der Waals surface area contributed by atoms with Gasteiger partial charge in [0.2, 0.25) is 0 Å². The van der Waals surface area contributed by atoms with Crippen molar-refractivity contribution in [3.63, 3.8) is 0 Å². The monoisotopic (exact) mass is 618 g/mol. The zero-order valence-corrected chi connectivity index (χ0v) is 25.1. The number of fused-ring (bicyclic) bond motifs is 1. The second kappa shape index (κ2) is 15.2. The number of esters is 2. The van der Waals surface area contributed by atoms with Crippen molar-refractivity contribution >= 4 is 24.1 Å². The lowest BCUT2D eigenvalue weighted by molar-refractivity contribution is -0.149. The van der Waals surface area contributed by atoms with Crippen LogP contribution in [0.1, 0.15) is 22.3 Å². The molecule has 0 aliphatic carbocycles. The standard InChI is InChI=1S/C38H34O8/c39-35(21-15-27-11-17-31(18-12-27)41-23-29-7-3-1-4-8-29)45-33-25-43-38-34(26-44-37(33)38)46-36(40)22-16-28-13-19-32(20-14-28)42-24-30-9-5-2-6-10-30/h1-22,33-34,37-38H,23-26H2/b21-15+,22-16+/t33-,34?,37?,38?/m1/s1. The molecule has 4 atom stereocenters. The van der Waals surface area contributed by atoms with E-state index in [0.717, 1.165) is 33.8 Å². The van der Waals surface area contributed by atoms with Crippen LogP contribution in [0.5, 0.6) is 11.5 Å². The number of hydrogen-bond donors (Lipinski definition) is 0. The minimum Gasteiger partial charge on any atom is -0.489 e. The van der Waals surface area contributed by atoms with Gasteiger partial charge in [-0.3, -0.25) is 0 Å². The second-order valence-electron chi connectivity index (χ2n) is 10.9. The maximum Gasteiger partial charge on any atom is 0.331 e. The van der Waals surface area contributed by atoms with Crippen LogP contribution in [0, 0.1) is 0 Å². The fraction of sp³-hybridized carbons (Fsp3) is 0.211. The van der Waals surface area contributed by atoms with Crippen LogP contribution < -0.4 is 9.47 Å². The molecule has 234 valence electrons. The van der Waals surface area contributed by atoms with E-state index in [-0.39, 0.29) is 13.2 Å². The quantitative estimate of drug-likeness (QED) is 0.137. The predicted molar refractivity (Wildman–Crippen MR) is 172 cm³/mol. The van der Waals surface area contributed by atoms with Crippen molar-refractivity contribution < 1.29 is 38.0 Å². The van der Waals surface area contributed by atoms with Gasteiger partial charge in [-0.1, -0.05) is 84.9 Å². The Morgan fingerprint density at radius 3 is 1.35 bits per heavy atom. The summed E-state index contributed by atoms with van der Waals surface area (Å²) >= 11 is 0. The van der Waals surface area contributed by atoms with Crippen molar-refractivity contribution in [2.24, 2.45) is 0 Å². The lowest BCUT2D eigenvalue weighted by Crippen LogP contribution is -2.35. The molecular weight excluding hydrogens is 584 g/mol. The first-order chi connectivity index (χ1) is 22.6. The molecule has 46 heavy (non-hydrogen) atoms. The Balaban J connectivity index is 0.922. The van der Waals surface area contributed by atoms with Gasteiger partial charge in [0.15, 0.2) is 12.2 Å². The Labute approximate surface area is 267 Å². The van der Waals surface area contributed by atoms with Crippen LogP contribution in [-0.4, -0.2) is 49.6 Å². The summed E-state index contributed by atoms with van der Waals surface area (Å²) in [5.41, 5.74) is 3.83. The minimum absolute atomic E-state index is 0.158. The molecule has 0 spiro atoms. The molecule has 0 bridgehead atoms. The van der Waals surface area contributed by atoms with Gasteiger partial charge in [0.25, 0.3) is 0 Å². The van der Waals surface area contributed by atoms with Crippen LogP contribution in [0.2, 0.25) is 0 Å². The highest BCUT2D eigenvalue weighted by molar-refractivity contribution is 5.88. The Bertz CT molecular complexity index is 1510. The van der Waals surface area contributed by atoms with Crippen LogP contribution >= 0.6 is 0 Å². The van der Waals surface area contributed by atoms with E-state index in [1.54, 1.807) is 12.2 Å². The van der Waals surface area contributed by atoms with Crippen molar-refractivity contribution in [3.05, 3.63) is 144 Å². The molecule has 6 rings (SSSR count). The molecule has 0 amide bonds. The molecule has 0 radical (unpaired) electrons. The van der Waals surface area contributed by atoms with Crippen molar-refractivity contribution in [1.29, 1.82) is 0 Å². The van der Waals surface area contributed by atoms with E-state index < -0.39 is 36.4 Å². The number of ether oxygens (including phenoxy) is 6. The van der Waals surface area contributed by atoms with Gasteiger partial charge in [-0.25, -0.2) is 9.59 Å². The lowest BCUT2D eigenvalue weighted by atomic mass is 10.1. The van der Waals surface area contributed by atoms with E-state index in [1.807, 2.05) is 109 Å². The molecule has 8 heteroatoms. The molecule has 2 aliphatic heterocycles. The third-order valence-electron chi connectivity index (χ3n) is 7.58. The number of carbonyl (C=O) groups excluding carboxylic acids is 2. The lowest BCUT2D eigenvalue weighted by Gasteiger charge is -2.16. The van der Waals surface area contributed by atoms with Gasteiger partial charge in [-0.2, -0.15) is 0 Å². The molecule has 4 aromatic rings. The van der Waals surface area contributed by atoms with Gasteiger partial charge in [0.1, 0.15) is 36.9 Å². The average molecular weight is 619 g/mol. The highest BCUT2D eigenvalue weighted by Gasteiger charge is 2.51. The van der Waals surface area contributed by atoms with Gasteiger partial charge in [-0.15, -0.1) is 0 Å². The summed E-state index contributed by atoms with van der Waals surface area (Å²) in [7, 11) is 0. The normalized spacial score (nSPS) is 20.4. The molecule has 0 N–H and O–H groups in total. The first-order valence-corrected chi connectivity index (χ1v) is 15.1. The average Bonchev–Trinajstić information content (AvgIpc) is 3.69. The summed E-state index contributed by atoms with van der Waals surface area (Å²) in [5, 5.41) is 0. The zero-order chi connectivity index (χ0) is 31.6. The summed E-state index contributed by atoms with van der Waals surface area (Å²) in [6.45, 7) is 1.27. The summed E-state index contributed by atoms with van der Waals surface area (Å²) in [6, 6.07) is 34.7. The topological polar surface area (TPSA) is 89.5 Å². The van der Waals surface area contributed by atoms with Crippen molar-refractivity contribution in [1.82, 2.24) is 0 Å². The third kappa shape index (κ3) is 8.50. The number of rotatable bonds is 12. The van der Waals surface area contributed by atoms with E-state index in [1.165, 1.54) is 12.2 Å². The third-order valence-corrected chi connectivity index (χ3v) is 7.58. The zero-order valence-electron chi connectivity index (χ0n) is 25.1. The first kappa shape index (κ1) is 30.8. The molecule has 0 saturated carbocycles. The molecule has 2 aliphatic rings. The summed E-state index contributed by atoms with van der Waals surface area (Å²) in [5.74, 6) is 0.450. The van der Waals surface area contributed by atoms with Crippen LogP contribution in [-0.2, 0) is 41.8 Å². The highest BCUT2D eigenvalue weighted by atomic mass is 16.7. The largest absolute Gasteiger partial charge is 0.489 e. The molecule has 2 heterocycles. The number of benzene rings is 4. The van der Waals surface area contributed by atoms with Crippen LogP contribution in [0.4, 0.5) is 0 Å². The molecule has 2 saturated heterocycles. The highest BCUT2D eigenvalue weighted by Crippen LogP contribution is 2.31. The Hall–Kier alpha value is -5.18. The van der Waals surface area contributed by atoms with Crippen LogP contribution in [0.15, 0.2) is 121 Å².